The van der Waals surface area contributed by atoms with E-state index in [1.54, 1.807) is 24.3 Å². The Bertz CT molecular complexity index is 1150. The fourth-order valence-corrected chi connectivity index (χ4v) is 5.79. The number of amides is 1. The Labute approximate surface area is 258 Å². The molecule has 8 nitrogen and oxygen atoms in total. The van der Waals surface area contributed by atoms with Crippen molar-refractivity contribution in [3.63, 3.8) is 0 Å². The van der Waals surface area contributed by atoms with Crippen LogP contribution in [0.25, 0.3) is 0 Å². The number of nitrogens with one attached hydrogen (secondary N) is 1. The van der Waals surface area contributed by atoms with E-state index in [-0.39, 0.29) is 23.5 Å². The quantitative estimate of drug-likeness (QED) is 0.188. The van der Waals surface area contributed by atoms with Crippen molar-refractivity contribution in [2.45, 2.75) is 110 Å². The van der Waals surface area contributed by atoms with E-state index in [9.17, 15) is 14.7 Å². The number of rotatable bonds is 13. The highest BCUT2D eigenvalue weighted by Crippen LogP contribution is 2.39. The van der Waals surface area contributed by atoms with Crippen molar-refractivity contribution in [3.8, 4) is 5.75 Å². The maximum Gasteiger partial charge on any atom is 0.486 e. The topological polar surface area (TPSA) is 103 Å². The molecular formula is C31H49BClNO7Si. The molecule has 2 rings (SSSR count). The molecule has 1 heterocycles. The third kappa shape index (κ3) is 9.71. The predicted molar refractivity (Wildman–Crippen MR) is 171 cm³/mol. The largest absolute Gasteiger partial charge is 0.495 e. The lowest BCUT2D eigenvalue weighted by molar-refractivity contribution is -0.141. The van der Waals surface area contributed by atoms with Gasteiger partial charge < -0.3 is 28.9 Å². The van der Waals surface area contributed by atoms with E-state index < -0.39 is 44.6 Å². The van der Waals surface area contributed by atoms with Gasteiger partial charge in [-0.3, -0.25) is 4.79 Å². The summed E-state index contributed by atoms with van der Waals surface area (Å²) in [4.78, 5) is 24.6. The molecule has 1 aliphatic heterocycles. The van der Waals surface area contributed by atoms with Crippen LogP contribution in [0, 0.1) is 5.92 Å². The van der Waals surface area contributed by atoms with E-state index in [0.717, 1.165) is 0 Å². The molecule has 1 aliphatic rings. The van der Waals surface area contributed by atoms with Gasteiger partial charge in [-0.05, 0) is 81.9 Å². The molecule has 1 saturated heterocycles. The van der Waals surface area contributed by atoms with Crippen LogP contribution in [0.15, 0.2) is 42.4 Å². The van der Waals surface area contributed by atoms with Gasteiger partial charge in [0.05, 0.1) is 29.4 Å². The van der Waals surface area contributed by atoms with Crippen LogP contribution in [0.4, 0.5) is 0 Å². The second-order valence-corrected chi connectivity index (χ2v) is 18.7. The maximum absolute atomic E-state index is 12.7. The van der Waals surface area contributed by atoms with Crippen LogP contribution in [-0.4, -0.2) is 62.9 Å². The van der Waals surface area contributed by atoms with E-state index in [4.69, 9.17) is 30.1 Å². The van der Waals surface area contributed by atoms with Crippen LogP contribution in [0.3, 0.4) is 0 Å². The summed E-state index contributed by atoms with van der Waals surface area (Å²) in [7, 11) is -1.09. The monoisotopic (exact) mass is 621 g/mol. The number of hydrogen-bond donors (Lipinski definition) is 2. The number of carbonyl (C=O) groups excluding carboxylic acids is 1. The van der Waals surface area contributed by atoms with Crippen molar-refractivity contribution in [1.82, 2.24) is 5.32 Å². The summed E-state index contributed by atoms with van der Waals surface area (Å²) in [6.45, 7) is 21.1. The Morgan fingerprint density at radius 2 is 1.76 bits per heavy atom. The number of carboxylic acids is 1. The lowest BCUT2D eigenvalue weighted by Gasteiger charge is -2.40. The van der Waals surface area contributed by atoms with Crippen molar-refractivity contribution in [2.75, 3.05) is 7.11 Å². The number of aliphatic carboxylic acids is 1. The second kappa shape index (κ2) is 14.1. The Morgan fingerprint density at radius 3 is 2.26 bits per heavy atom. The Morgan fingerprint density at radius 1 is 1.17 bits per heavy atom. The number of methoxy groups -OCH3 is 1. The minimum atomic E-state index is -2.14. The van der Waals surface area contributed by atoms with Crippen LogP contribution in [0.2, 0.25) is 23.2 Å². The van der Waals surface area contributed by atoms with Gasteiger partial charge in [0.1, 0.15) is 11.8 Å². The van der Waals surface area contributed by atoms with Gasteiger partial charge >= 0.3 is 13.1 Å². The van der Waals surface area contributed by atoms with E-state index in [0.29, 0.717) is 22.8 Å². The Hall–Kier alpha value is -2.11. The van der Waals surface area contributed by atoms with Crippen molar-refractivity contribution in [1.29, 1.82) is 0 Å². The van der Waals surface area contributed by atoms with Gasteiger partial charge in [-0.25, -0.2) is 4.79 Å². The molecule has 0 saturated carbocycles. The third-order valence-corrected chi connectivity index (χ3v) is 13.4. The molecule has 1 fully saturated rings. The maximum atomic E-state index is 12.7. The van der Waals surface area contributed by atoms with Gasteiger partial charge in [-0.1, -0.05) is 63.5 Å². The minimum absolute atomic E-state index is 0.000554. The van der Waals surface area contributed by atoms with Crippen LogP contribution < -0.4 is 10.1 Å². The van der Waals surface area contributed by atoms with Crippen molar-refractivity contribution < 1.29 is 33.2 Å². The number of ether oxygens (including phenoxy) is 1. The van der Waals surface area contributed by atoms with E-state index in [1.165, 1.54) is 13.2 Å². The molecule has 1 amide bonds. The van der Waals surface area contributed by atoms with Crippen molar-refractivity contribution in [3.05, 3.63) is 53.0 Å². The van der Waals surface area contributed by atoms with E-state index >= 15 is 0 Å². The first-order chi connectivity index (χ1) is 19.2. The molecule has 3 atom stereocenters. The molecule has 0 radical (unpaired) electrons. The summed E-state index contributed by atoms with van der Waals surface area (Å²) >= 11 is 6.18. The van der Waals surface area contributed by atoms with Gasteiger partial charge in [0.2, 0.25) is 5.91 Å². The first-order valence-corrected chi connectivity index (χ1v) is 17.7. The standard InChI is InChI=1S/C31H49BClNO7Si/c1-21(17-18-32-40-30(5,6)31(7,8)41-32)25(39-42(10,11)29(2,3)4)13-12-14-27(35)34-24(28(36)37)20-22-15-16-26(38-9)23(33)19-22/h12,14-19,21,24-25H,13,20H2,1-11H3,(H,34,35)(H,36,37)/b14-12+,18-17+. The number of carbonyl (C=O) groups is 2. The highest BCUT2D eigenvalue weighted by atomic mass is 35.5. The van der Waals surface area contributed by atoms with Crippen molar-refractivity contribution in [2.24, 2.45) is 5.92 Å². The fraction of sp³-hybridized carbons (Fsp3) is 0.613. The van der Waals surface area contributed by atoms with E-state index in [1.807, 2.05) is 39.7 Å². The summed E-state index contributed by atoms with van der Waals surface area (Å²) in [5.74, 6) is 0.798. The zero-order valence-electron chi connectivity index (χ0n) is 27.0. The molecule has 1 aromatic carbocycles. The molecule has 3 unspecified atom stereocenters. The summed E-state index contributed by atoms with van der Waals surface area (Å²) in [5.41, 5.74) is -0.180. The summed E-state index contributed by atoms with van der Waals surface area (Å²) in [6.07, 6.45) is 5.52. The zero-order valence-corrected chi connectivity index (χ0v) is 28.8. The summed E-state index contributed by atoms with van der Waals surface area (Å²) in [6, 6.07) is 3.92. The highest BCUT2D eigenvalue weighted by Gasteiger charge is 2.50. The van der Waals surface area contributed by atoms with Crippen molar-refractivity contribution >= 4 is 38.9 Å². The number of hydrogen-bond acceptors (Lipinski definition) is 6. The smallest absolute Gasteiger partial charge is 0.486 e. The molecule has 11 heteroatoms. The average Bonchev–Trinajstić information content (AvgIpc) is 3.06. The molecule has 2 N–H and O–H groups in total. The molecule has 42 heavy (non-hydrogen) atoms. The zero-order chi connectivity index (χ0) is 32.1. The third-order valence-electron chi connectivity index (χ3n) is 8.59. The molecule has 0 bridgehead atoms. The molecule has 0 aromatic heterocycles. The lowest BCUT2D eigenvalue weighted by atomic mass is 9.87. The molecular weight excluding hydrogens is 573 g/mol. The second-order valence-electron chi connectivity index (χ2n) is 13.5. The first-order valence-electron chi connectivity index (χ1n) is 14.4. The van der Waals surface area contributed by atoms with Gasteiger partial charge in [0.15, 0.2) is 8.32 Å². The highest BCUT2D eigenvalue weighted by molar-refractivity contribution is 6.74. The normalized spacial score (nSPS) is 19.2. The van der Waals surface area contributed by atoms with Crippen LogP contribution in [0.1, 0.15) is 67.4 Å². The fourth-order valence-electron chi connectivity index (χ4n) is 4.08. The summed E-state index contributed by atoms with van der Waals surface area (Å²) < 4.78 is 24.1. The van der Waals surface area contributed by atoms with Gasteiger partial charge in [0, 0.05) is 6.42 Å². The first kappa shape index (κ1) is 36.1. The Kier molecular flexibility index (Phi) is 12.1. The number of benzene rings is 1. The molecule has 1 aromatic rings. The van der Waals surface area contributed by atoms with Crippen LogP contribution in [0.5, 0.6) is 5.75 Å². The summed E-state index contributed by atoms with van der Waals surface area (Å²) in [5, 5.41) is 12.7. The molecule has 0 spiro atoms. The Balaban J connectivity index is 2.13. The predicted octanol–water partition coefficient (Wildman–Crippen LogP) is 6.62. The van der Waals surface area contributed by atoms with Gasteiger partial charge in [-0.15, -0.1) is 0 Å². The average molecular weight is 622 g/mol. The lowest BCUT2D eigenvalue weighted by Crippen LogP contribution is -2.45. The molecule has 234 valence electrons. The SMILES string of the molecule is COc1ccc(CC(NC(=O)/C=C/CC(O[Si](C)(C)C(C)(C)C)C(C)/C=C/B2OC(C)(C)C(C)(C)O2)C(=O)O)cc1Cl. The van der Waals surface area contributed by atoms with E-state index in [2.05, 4.69) is 46.1 Å². The number of halogens is 1. The minimum Gasteiger partial charge on any atom is -0.495 e. The number of carboxylic acid groups (broad SMARTS) is 1. The molecule has 0 aliphatic carbocycles. The van der Waals surface area contributed by atoms with Gasteiger partial charge in [-0.2, -0.15) is 0 Å². The van der Waals surface area contributed by atoms with Gasteiger partial charge in [0.25, 0.3) is 0 Å². The van der Waals surface area contributed by atoms with Crippen LogP contribution in [-0.2, 0) is 29.7 Å². The van der Waals surface area contributed by atoms with Crippen LogP contribution >= 0.6 is 11.6 Å².